The molecular weight excluding hydrogens is 432 g/mol. The average Bonchev–Trinajstić information content (AvgIpc) is 3.22. The van der Waals surface area contributed by atoms with Crippen LogP contribution < -0.4 is 0 Å². The van der Waals surface area contributed by atoms with Gasteiger partial charge in [-0.3, -0.25) is 14.4 Å². The van der Waals surface area contributed by atoms with Gasteiger partial charge in [0.1, 0.15) is 22.5 Å². The summed E-state index contributed by atoms with van der Waals surface area (Å²) in [6, 6.07) is -0.515. The molecule has 0 spiro atoms. The van der Waals surface area contributed by atoms with E-state index in [9.17, 15) is 4.79 Å². The van der Waals surface area contributed by atoms with Gasteiger partial charge in [-0.15, -0.1) is 21.5 Å². The molecule has 0 N–H and O–H groups in total. The number of hydrogen-bond acceptors (Lipinski definition) is 6. The molecule has 1 aliphatic rings. The second kappa shape index (κ2) is 10.9. The molecule has 0 amide bonds. The van der Waals surface area contributed by atoms with Crippen molar-refractivity contribution >= 4 is 23.0 Å². The van der Waals surface area contributed by atoms with Gasteiger partial charge in [0, 0.05) is 10.4 Å². The molecule has 3 rings (SSSR count). The Bertz CT molecular complexity index is 1110. The van der Waals surface area contributed by atoms with E-state index < -0.39 is 11.6 Å². The Labute approximate surface area is 201 Å². The van der Waals surface area contributed by atoms with E-state index in [1.165, 1.54) is 4.88 Å². The summed E-state index contributed by atoms with van der Waals surface area (Å²) in [4.78, 5) is 19.0. The first-order valence-corrected chi connectivity index (χ1v) is 12.2. The fourth-order valence-corrected chi connectivity index (χ4v) is 4.72. The molecule has 0 saturated carbocycles. The highest BCUT2D eigenvalue weighted by molar-refractivity contribution is 7.15. The molecule has 6 nitrogen and oxygen atoms in total. The van der Waals surface area contributed by atoms with Crippen LogP contribution in [0.1, 0.15) is 81.7 Å². The number of aromatic nitrogens is 3. The van der Waals surface area contributed by atoms with Crippen LogP contribution in [0.15, 0.2) is 41.4 Å². The summed E-state index contributed by atoms with van der Waals surface area (Å²) < 4.78 is 7.61. The van der Waals surface area contributed by atoms with E-state index in [0.717, 1.165) is 33.2 Å². The maximum atomic E-state index is 12.7. The van der Waals surface area contributed by atoms with Gasteiger partial charge in [0.2, 0.25) is 0 Å². The van der Waals surface area contributed by atoms with Crippen molar-refractivity contribution in [3.05, 3.63) is 64.1 Å². The smallest absolute Gasteiger partial charge is 0.308 e. The summed E-state index contributed by atoms with van der Waals surface area (Å²) >= 11 is 1.68. The molecule has 0 aromatic carbocycles. The second-order valence-electron chi connectivity index (χ2n) is 8.54. The van der Waals surface area contributed by atoms with Crippen LogP contribution in [0.3, 0.4) is 0 Å². The van der Waals surface area contributed by atoms with Crippen LogP contribution in [0.2, 0.25) is 0 Å². The number of carbonyl (C=O) groups excluding carboxylic acids is 1. The molecule has 7 heteroatoms. The minimum absolute atomic E-state index is 0.0832. The lowest BCUT2D eigenvalue weighted by atomic mass is 9.99. The highest BCUT2D eigenvalue weighted by Gasteiger charge is 2.33. The predicted molar refractivity (Wildman–Crippen MR) is 138 cm³/mol. The Balaban J connectivity index is 0.00000187. The SMILES string of the molecule is C=C/C(=C\C=C/C)C1=NC(CC(=O)OC(C)(C)C)c2nnc(C)n2-c2sc(C)c(C)c21.CC. The number of nitrogens with zero attached hydrogens (tertiary/aromatic N) is 4. The first kappa shape index (κ1) is 26.5. The van der Waals surface area contributed by atoms with Gasteiger partial charge in [0.25, 0.3) is 0 Å². The third-order valence-electron chi connectivity index (χ3n) is 4.98. The lowest BCUT2D eigenvalue weighted by molar-refractivity contribution is -0.155. The van der Waals surface area contributed by atoms with E-state index >= 15 is 0 Å². The molecule has 2 aromatic heterocycles. The molecular formula is C26H36N4O2S. The van der Waals surface area contributed by atoms with Crippen LogP contribution in [0.5, 0.6) is 0 Å². The van der Waals surface area contributed by atoms with Crippen molar-refractivity contribution in [1.82, 2.24) is 14.8 Å². The summed E-state index contributed by atoms with van der Waals surface area (Å²) in [5.74, 6) is 1.10. The Morgan fingerprint density at radius 3 is 2.45 bits per heavy atom. The molecule has 1 aliphatic heterocycles. The topological polar surface area (TPSA) is 69.4 Å². The first-order valence-electron chi connectivity index (χ1n) is 11.4. The van der Waals surface area contributed by atoms with Crippen LogP contribution in [-0.2, 0) is 9.53 Å². The van der Waals surface area contributed by atoms with Crippen LogP contribution >= 0.6 is 11.3 Å². The number of rotatable bonds is 5. The summed E-state index contributed by atoms with van der Waals surface area (Å²) in [5, 5.41) is 9.73. The van der Waals surface area contributed by atoms with Crippen molar-refractivity contribution in [2.45, 2.75) is 80.4 Å². The zero-order valence-corrected chi connectivity index (χ0v) is 22.1. The molecule has 0 aliphatic carbocycles. The molecule has 3 heterocycles. The third kappa shape index (κ3) is 5.77. The van der Waals surface area contributed by atoms with E-state index in [4.69, 9.17) is 9.73 Å². The highest BCUT2D eigenvalue weighted by Crippen LogP contribution is 2.39. The van der Waals surface area contributed by atoms with E-state index in [1.807, 2.05) is 71.3 Å². The maximum absolute atomic E-state index is 12.7. The number of thiophene rings is 1. The van der Waals surface area contributed by atoms with E-state index in [1.54, 1.807) is 17.4 Å². The van der Waals surface area contributed by atoms with Crippen LogP contribution in [0.4, 0.5) is 0 Å². The number of ether oxygens (including phenoxy) is 1. The normalized spacial score (nSPS) is 15.7. The predicted octanol–water partition coefficient (Wildman–Crippen LogP) is 6.54. The van der Waals surface area contributed by atoms with Crippen LogP contribution in [0, 0.1) is 20.8 Å². The summed E-state index contributed by atoms with van der Waals surface area (Å²) in [5.41, 5.74) is 3.33. The van der Waals surface area contributed by atoms with E-state index in [2.05, 4.69) is 30.6 Å². The Hall–Kier alpha value is -2.80. The minimum Gasteiger partial charge on any atom is -0.460 e. The molecule has 0 saturated heterocycles. The second-order valence-corrected chi connectivity index (χ2v) is 9.74. The van der Waals surface area contributed by atoms with Gasteiger partial charge >= 0.3 is 5.97 Å². The number of esters is 1. The van der Waals surface area contributed by atoms with Crippen molar-refractivity contribution in [2.75, 3.05) is 0 Å². The summed E-state index contributed by atoms with van der Waals surface area (Å²) in [7, 11) is 0. The molecule has 1 unspecified atom stereocenters. The molecule has 0 radical (unpaired) electrons. The van der Waals surface area contributed by atoms with Gasteiger partial charge in [-0.2, -0.15) is 0 Å². The molecule has 0 bridgehead atoms. The van der Waals surface area contributed by atoms with Gasteiger partial charge in [-0.1, -0.05) is 44.7 Å². The lowest BCUT2D eigenvalue weighted by Gasteiger charge is -2.21. The Morgan fingerprint density at radius 2 is 1.88 bits per heavy atom. The number of aryl methyl sites for hydroxylation is 2. The van der Waals surface area contributed by atoms with Gasteiger partial charge in [0.05, 0.1) is 12.1 Å². The molecule has 1 atom stereocenters. The first-order chi connectivity index (χ1) is 15.6. The van der Waals surface area contributed by atoms with Gasteiger partial charge in [0.15, 0.2) is 5.82 Å². The average molecular weight is 469 g/mol. The third-order valence-corrected chi connectivity index (χ3v) is 6.17. The van der Waals surface area contributed by atoms with Gasteiger partial charge < -0.3 is 4.74 Å². The number of carbonyl (C=O) groups is 1. The standard InChI is InChI=1S/C24H30N4O2S.C2H6/c1-9-11-12-17(10-2)21-20-14(3)15(4)31-23(20)28-16(5)26-27-22(28)18(25-21)13-19(29)30-24(6,7)8;1-2/h9-12,18H,2,13H2,1,3-8H3;1-2H3/b11-9-,17-12+;. The fraction of sp³-hybridized carbons (Fsp3) is 0.462. The van der Waals surface area contributed by atoms with Crippen molar-refractivity contribution < 1.29 is 9.53 Å². The van der Waals surface area contributed by atoms with Crippen molar-refractivity contribution in [3.63, 3.8) is 0 Å². The fourth-order valence-electron chi connectivity index (χ4n) is 3.51. The number of aliphatic imine (C=N–C) groups is 1. The monoisotopic (exact) mass is 468 g/mol. The van der Waals surface area contributed by atoms with Crippen LogP contribution in [-0.4, -0.2) is 32.0 Å². The van der Waals surface area contributed by atoms with Gasteiger partial charge in [-0.25, -0.2) is 0 Å². The van der Waals surface area contributed by atoms with Crippen molar-refractivity contribution in [1.29, 1.82) is 0 Å². The zero-order chi connectivity index (χ0) is 24.9. The molecule has 178 valence electrons. The van der Waals surface area contributed by atoms with Crippen LogP contribution in [0.25, 0.3) is 5.00 Å². The van der Waals surface area contributed by atoms with E-state index in [-0.39, 0.29) is 12.4 Å². The Kier molecular flexibility index (Phi) is 8.72. The number of allylic oxidation sites excluding steroid dienone is 5. The van der Waals surface area contributed by atoms with E-state index in [0.29, 0.717) is 5.82 Å². The molecule has 2 aromatic rings. The van der Waals surface area contributed by atoms with Gasteiger partial charge in [-0.05, 0) is 59.6 Å². The molecule has 0 fully saturated rings. The van der Waals surface area contributed by atoms with Crippen molar-refractivity contribution in [3.8, 4) is 5.00 Å². The van der Waals surface area contributed by atoms with Crippen molar-refractivity contribution in [2.24, 2.45) is 4.99 Å². The summed E-state index contributed by atoms with van der Waals surface area (Å²) in [6.45, 7) is 21.7. The quantitative estimate of drug-likeness (QED) is 0.369. The maximum Gasteiger partial charge on any atom is 0.308 e. The summed E-state index contributed by atoms with van der Waals surface area (Å²) in [6.07, 6.45) is 7.81. The zero-order valence-electron chi connectivity index (χ0n) is 21.3. The highest BCUT2D eigenvalue weighted by atomic mass is 32.1. The largest absolute Gasteiger partial charge is 0.460 e. The Morgan fingerprint density at radius 1 is 1.21 bits per heavy atom. The number of fused-ring (bicyclic) bond motifs is 3. The lowest BCUT2D eigenvalue weighted by Crippen LogP contribution is -2.25. The number of hydrogen-bond donors (Lipinski definition) is 0. The molecule has 33 heavy (non-hydrogen) atoms. The minimum atomic E-state index is -0.567.